The molecule has 34 heavy (non-hydrogen) atoms. The van der Waals surface area contributed by atoms with Crippen LogP contribution in [0.2, 0.25) is 0 Å². The highest BCUT2D eigenvalue weighted by atomic mass is 16.5. The second-order valence-electron chi connectivity index (χ2n) is 9.75. The molecule has 0 spiro atoms. The number of anilines is 2. The van der Waals surface area contributed by atoms with E-state index in [1.54, 1.807) is 19.4 Å². The minimum absolute atomic E-state index is 0.0692. The number of carbonyl (C=O) groups is 1. The highest BCUT2D eigenvalue weighted by Crippen LogP contribution is 2.27. The molecule has 186 valence electrons. The Morgan fingerprint density at radius 3 is 2.71 bits per heavy atom. The molecule has 0 aliphatic carbocycles. The number of ether oxygens (including phenoxy) is 1. The van der Waals surface area contributed by atoms with Crippen molar-refractivity contribution in [2.45, 2.75) is 71.1 Å². The summed E-state index contributed by atoms with van der Waals surface area (Å²) in [5.41, 5.74) is 0. The molecule has 2 saturated heterocycles. The number of carbonyl (C=O) groups excluding carboxylic acids is 1. The van der Waals surface area contributed by atoms with Gasteiger partial charge in [0.05, 0.1) is 12.6 Å². The molecule has 4 heterocycles. The second-order valence-corrected chi connectivity index (χ2v) is 9.75. The molecular formula is C25H39N7O2. The lowest BCUT2D eigenvalue weighted by Gasteiger charge is -2.36. The lowest BCUT2D eigenvalue weighted by atomic mass is 9.92. The van der Waals surface area contributed by atoms with Crippen molar-refractivity contribution in [2.75, 3.05) is 43.5 Å². The maximum Gasteiger partial charge on any atom is 0.294 e. The molecule has 4 rings (SSSR count). The van der Waals surface area contributed by atoms with E-state index >= 15 is 0 Å². The smallest absolute Gasteiger partial charge is 0.294 e. The first-order chi connectivity index (χ1) is 16.5. The van der Waals surface area contributed by atoms with Crippen molar-refractivity contribution in [1.29, 1.82) is 0 Å². The van der Waals surface area contributed by atoms with Crippen LogP contribution in [0.1, 0.15) is 63.0 Å². The highest BCUT2D eigenvalue weighted by molar-refractivity contribution is 6.01. The summed E-state index contributed by atoms with van der Waals surface area (Å²) in [6, 6.07) is 6.13. The summed E-state index contributed by atoms with van der Waals surface area (Å²) in [7, 11) is 1.68. The molecule has 2 aromatic rings. The van der Waals surface area contributed by atoms with Crippen LogP contribution >= 0.6 is 0 Å². The third-order valence-corrected chi connectivity index (χ3v) is 7.35. The summed E-state index contributed by atoms with van der Waals surface area (Å²) in [6.45, 7) is 9.20. The van der Waals surface area contributed by atoms with Crippen LogP contribution in [0.25, 0.3) is 0 Å². The van der Waals surface area contributed by atoms with Crippen molar-refractivity contribution in [3.8, 4) is 0 Å². The molecule has 0 aromatic carbocycles. The number of hydrogen-bond acceptors (Lipinski definition) is 7. The van der Waals surface area contributed by atoms with Gasteiger partial charge < -0.3 is 19.9 Å². The van der Waals surface area contributed by atoms with Gasteiger partial charge in [0.1, 0.15) is 5.82 Å². The molecule has 2 aliphatic rings. The molecule has 1 N–H and O–H groups in total. The minimum atomic E-state index is -0.314. The summed E-state index contributed by atoms with van der Waals surface area (Å²) in [5, 5.41) is 11.5. The molecule has 0 saturated carbocycles. The fourth-order valence-electron chi connectivity index (χ4n) is 5.07. The van der Waals surface area contributed by atoms with Crippen LogP contribution in [0.3, 0.4) is 0 Å². The molecule has 0 bridgehead atoms. The number of methoxy groups -OCH3 is 1. The van der Waals surface area contributed by atoms with E-state index in [0.29, 0.717) is 12.4 Å². The van der Waals surface area contributed by atoms with E-state index in [0.717, 1.165) is 43.8 Å². The number of likely N-dealkylation sites (tertiary alicyclic amines) is 1. The maximum atomic E-state index is 13.0. The monoisotopic (exact) mass is 469 g/mol. The highest BCUT2D eigenvalue weighted by Gasteiger charge is 2.28. The molecule has 2 fully saturated rings. The van der Waals surface area contributed by atoms with Crippen molar-refractivity contribution < 1.29 is 9.53 Å². The van der Waals surface area contributed by atoms with Crippen LogP contribution in [-0.2, 0) is 11.3 Å². The van der Waals surface area contributed by atoms with E-state index in [2.05, 4.69) is 37.2 Å². The Bertz CT molecular complexity index is 911. The van der Waals surface area contributed by atoms with Gasteiger partial charge in [0, 0.05) is 32.4 Å². The van der Waals surface area contributed by atoms with Crippen molar-refractivity contribution in [2.24, 2.45) is 5.92 Å². The normalized spacial score (nSPS) is 20.9. The fourth-order valence-corrected chi connectivity index (χ4v) is 5.07. The molecule has 0 radical (unpaired) electrons. The summed E-state index contributed by atoms with van der Waals surface area (Å²) < 4.78 is 7.38. The van der Waals surface area contributed by atoms with Crippen LogP contribution in [0.4, 0.5) is 11.8 Å². The molecule has 2 unspecified atom stereocenters. The van der Waals surface area contributed by atoms with Crippen LogP contribution in [0, 0.1) is 5.92 Å². The third-order valence-electron chi connectivity index (χ3n) is 7.35. The Morgan fingerprint density at radius 2 is 2.00 bits per heavy atom. The number of nitrogens with one attached hydrogen (secondary N) is 1. The van der Waals surface area contributed by atoms with Gasteiger partial charge in [-0.3, -0.25) is 9.36 Å². The number of amides is 1. The first-order valence-corrected chi connectivity index (χ1v) is 12.7. The Hall–Kier alpha value is -2.52. The number of aromatic nitrogens is 4. The van der Waals surface area contributed by atoms with Gasteiger partial charge in [0.2, 0.25) is 11.8 Å². The average molecular weight is 470 g/mol. The fraction of sp³-hybridized carbons (Fsp3) is 0.680. The van der Waals surface area contributed by atoms with Gasteiger partial charge in [-0.05, 0) is 77.1 Å². The largest absolute Gasteiger partial charge is 0.380 e. The van der Waals surface area contributed by atoms with Crippen LogP contribution < -0.4 is 10.2 Å². The maximum absolute atomic E-state index is 13.0. The van der Waals surface area contributed by atoms with Gasteiger partial charge in [-0.1, -0.05) is 12.5 Å². The van der Waals surface area contributed by atoms with Gasteiger partial charge >= 0.3 is 0 Å². The first kappa shape index (κ1) is 24.6. The zero-order valence-corrected chi connectivity index (χ0v) is 20.8. The van der Waals surface area contributed by atoms with Crippen LogP contribution in [-0.4, -0.2) is 76.0 Å². The summed E-state index contributed by atoms with van der Waals surface area (Å²) in [6.07, 6.45) is 9.19. The van der Waals surface area contributed by atoms with Crippen LogP contribution in [0.15, 0.2) is 24.4 Å². The van der Waals surface area contributed by atoms with Gasteiger partial charge in [0.25, 0.3) is 5.91 Å². The molecule has 2 atom stereocenters. The lowest BCUT2D eigenvalue weighted by molar-refractivity contribution is 0.0957. The van der Waals surface area contributed by atoms with Gasteiger partial charge in [-0.2, -0.15) is 0 Å². The third kappa shape index (κ3) is 6.13. The summed E-state index contributed by atoms with van der Waals surface area (Å²) in [5.74, 6) is 1.95. The van der Waals surface area contributed by atoms with E-state index in [1.165, 1.54) is 38.8 Å². The standard InChI is InChI=1S/C25H39N7O2/c1-19-8-5-7-14-30(19)15-10-21-11-16-31(17-12-21)25-29-28-23(32(25)18-20(2)34-3)24(33)27-22-9-4-6-13-26-22/h4,6,9,13,19-21H,5,7-8,10-12,14-18H2,1-3H3,(H,26,27,33). The van der Waals surface area contributed by atoms with Crippen molar-refractivity contribution in [3.63, 3.8) is 0 Å². The van der Waals surface area contributed by atoms with E-state index in [-0.39, 0.29) is 17.8 Å². The molecular weight excluding hydrogens is 430 g/mol. The van der Waals surface area contributed by atoms with E-state index < -0.39 is 0 Å². The second kappa shape index (κ2) is 11.8. The Kier molecular flexibility index (Phi) is 8.50. The molecule has 2 aliphatic heterocycles. The summed E-state index contributed by atoms with van der Waals surface area (Å²) >= 11 is 0. The van der Waals surface area contributed by atoms with E-state index in [9.17, 15) is 4.79 Å². The van der Waals surface area contributed by atoms with Crippen molar-refractivity contribution in [1.82, 2.24) is 24.6 Å². The zero-order valence-electron chi connectivity index (χ0n) is 20.8. The Labute approximate surface area is 202 Å². The number of rotatable bonds is 9. The number of pyridine rings is 1. The predicted molar refractivity (Wildman–Crippen MR) is 133 cm³/mol. The SMILES string of the molecule is COC(C)Cn1c(C(=O)Nc2ccccn2)nnc1N1CCC(CCN2CCCCC2C)CC1. The first-order valence-electron chi connectivity index (χ1n) is 12.7. The molecule has 9 heteroatoms. The predicted octanol–water partition coefficient (Wildman–Crippen LogP) is 3.44. The van der Waals surface area contributed by atoms with E-state index in [4.69, 9.17) is 4.74 Å². The molecule has 2 aromatic heterocycles. The molecule has 1 amide bonds. The summed E-state index contributed by atoms with van der Waals surface area (Å²) in [4.78, 5) is 22.1. The van der Waals surface area contributed by atoms with E-state index in [1.807, 2.05) is 23.6 Å². The number of piperidine rings is 2. The van der Waals surface area contributed by atoms with Gasteiger partial charge in [-0.15, -0.1) is 10.2 Å². The molecule has 9 nitrogen and oxygen atoms in total. The quantitative estimate of drug-likeness (QED) is 0.602. The Morgan fingerprint density at radius 1 is 1.18 bits per heavy atom. The minimum Gasteiger partial charge on any atom is -0.380 e. The topological polar surface area (TPSA) is 88.4 Å². The Balaban J connectivity index is 1.39. The van der Waals surface area contributed by atoms with Crippen molar-refractivity contribution >= 4 is 17.7 Å². The van der Waals surface area contributed by atoms with Gasteiger partial charge in [-0.25, -0.2) is 4.98 Å². The number of nitrogens with zero attached hydrogens (tertiary/aromatic N) is 6. The zero-order chi connectivity index (χ0) is 23.9. The lowest BCUT2D eigenvalue weighted by Crippen LogP contribution is -2.40. The average Bonchev–Trinajstić information content (AvgIpc) is 3.28. The van der Waals surface area contributed by atoms with Crippen LogP contribution in [0.5, 0.6) is 0 Å². The number of hydrogen-bond donors (Lipinski definition) is 1. The van der Waals surface area contributed by atoms with Crippen molar-refractivity contribution in [3.05, 3.63) is 30.2 Å². The van der Waals surface area contributed by atoms with Gasteiger partial charge in [0.15, 0.2) is 0 Å².